The second-order valence-corrected chi connectivity index (χ2v) is 8.95. The third-order valence-electron chi connectivity index (χ3n) is 5.31. The highest BCUT2D eigenvalue weighted by Crippen LogP contribution is 2.32. The van der Waals surface area contributed by atoms with Crippen LogP contribution in [0.5, 0.6) is 5.75 Å². The Hall–Kier alpha value is -2.08. The Bertz CT molecular complexity index is 794. The molecule has 0 aliphatic carbocycles. The minimum absolute atomic E-state index is 0.189. The predicted octanol–water partition coefficient (Wildman–Crippen LogP) is 3.57. The quantitative estimate of drug-likeness (QED) is 0.809. The van der Waals surface area contributed by atoms with Crippen LogP contribution in [0.4, 0.5) is 0 Å². The maximum Gasteiger partial charge on any atom is 0.303 e. The summed E-state index contributed by atoms with van der Waals surface area (Å²) in [4.78, 5) is 22.0. The van der Waals surface area contributed by atoms with Gasteiger partial charge >= 0.3 is 5.97 Å². The number of nitrogens with zero attached hydrogens (tertiary/aromatic N) is 2. The first kappa shape index (κ1) is 19.7. The molecule has 0 bridgehead atoms. The van der Waals surface area contributed by atoms with Crippen LogP contribution >= 0.6 is 0 Å². The van der Waals surface area contributed by atoms with E-state index in [1.165, 1.54) is 0 Å². The summed E-state index contributed by atoms with van der Waals surface area (Å²) < 4.78 is 5.41. The van der Waals surface area contributed by atoms with Crippen LogP contribution in [0, 0.1) is 17.3 Å². The number of imidazole rings is 1. The van der Waals surface area contributed by atoms with Gasteiger partial charge in [-0.2, -0.15) is 0 Å². The van der Waals surface area contributed by atoms with Crippen LogP contribution in [0.3, 0.4) is 0 Å². The lowest BCUT2D eigenvalue weighted by molar-refractivity contribution is -0.139. The number of nitrogens with one attached hydrogen (secondary N) is 1. The number of hydrogen-bond acceptors (Lipinski definition) is 4. The second kappa shape index (κ2) is 7.89. The predicted molar refractivity (Wildman–Crippen MR) is 106 cm³/mol. The van der Waals surface area contributed by atoms with Crippen LogP contribution in [-0.2, 0) is 11.2 Å². The van der Waals surface area contributed by atoms with Crippen molar-refractivity contribution in [3.63, 3.8) is 0 Å². The zero-order chi connectivity index (χ0) is 19.6. The molecule has 0 unspecified atom stereocenters. The van der Waals surface area contributed by atoms with E-state index in [2.05, 4.69) is 30.7 Å². The lowest BCUT2D eigenvalue weighted by atomic mass is 9.80. The molecule has 27 heavy (non-hydrogen) atoms. The highest BCUT2D eigenvalue weighted by molar-refractivity contribution is 5.81. The van der Waals surface area contributed by atoms with Gasteiger partial charge in [-0.05, 0) is 42.3 Å². The van der Waals surface area contributed by atoms with Gasteiger partial charge in [0.05, 0.1) is 12.6 Å². The smallest absolute Gasteiger partial charge is 0.303 e. The molecule has 1 aromatic heterocycles. The number of fused-ring (bicyclic) bond motifs is 1. The largest absolute Gasteiger partial charge is 0.494 e. The fourth-order valence-corrected chi connectivity index (χ4v) is 4.26. The number of para-hydroxylation sites is 1. The molecule has 0 spiro atoms. The number of carboxylic acid groups (broad SMARTS) is 1. The van der Waals surface area contributed by atoms with Crippen molar-refractivity contribution < 1.29 is 14.6 Å². The van der Waals surface area contributed by atoms with Crippen molar-refractivity contribution in [2.75, 3.05) is 26.7 Å². The zero-order valence-electron chi connectivity index (χ0n) is 16.8. The first-order valence-electron chi connectivity index (χ1n) is 9.71. The Morgan fingerprint density at radius 3 is 2.81 bits per heavy atom. The molecule has 3 rings (SSSR count). The Labute approximate surface area is 160 Å². The van der Waals surface area contributed by atoms with Gasteiger partial charge in [-0.1, -0.05) is 26.8 Å². The highest BCUT2D eigenvalue weighted by atomic mass is 16.5. The third-order valence-corrected chi connectivity index (χ3v) is 5.31. The Morgan fingerprint density at radius 1 is 1.37 bits per heavy atom. The maximum absolute atomic E-state index is 11.3. The number of aromatic nitrogens is 2. The molecule has 2 N–H and O–H groups in total. The van der Waals surface area contributed by atoms with Crippen molar-refractivity contribution in [1.82, 2.24) is 14.9 Å². The van der Waals surface area contributed by atoms with Gasteiger partial charge in [0, 0.05) is 25.9 Å². The summed E-state index contributed by atoms with van der Waals surface area (Å²) >= 11 is 0. The number of H-pyrrole nitrogens is 1. The van der Waals surface area contributed by atoms with Gasteiger partial charge in [0.15, 0.2) is 0 Å². The molecule has 0 amide bonds. The average molecular weight is 373 g/mol. The number of aromatic amines is 1. The summed E-state index contributed by atoms with van der Waals surface area (Å²) in [7, 11) is 1.65. The minimum atomic E-state index is -0.708. The van der Waals surface area contributed by atoms with E-state index in [9.17, 15) is 9.90 Å². The molecule has 148 valence electrons. The van der Waals surface area contributed by atoms with Crippen LogP contribution < -0.4 is 4.74 Å². The fraction of sp³-hybridized carbons (Fsp3) is 0.619. The topological polar surface area (TPSA) is 78.5 Å². The van der Waals surface area contributed by atoms with Gasteiger partial charge in [0.1, 0.15) is 17.1 Å². The Balaban J connectivity index is 1.80. The number of piperidine rings is 1. The summed E-state index contributed by atoms with van der Waals surface area (Å²) in [6, 6.07) is 5.85. The van der Waals surface area contributed by atoms with E-state index in [1.807, 2.05) is 18.2 Å². The number of carbonyl (C=O) groups is 1. The standard InChI is InChI=1S/C21H31N3O3/c1-21(2,3)13-24-9-8-14(11-19(25)26)15(12-24)10-18-22-16-6-5-7-17(27-4)20(16)23-18/h5-7,14-15H,8-13H2,1-4H3,(H,22,23)(H,25,26)/t14-,15-/m0/s1. The second-order valence-electron chi connectivity index (χ2n) is 8.95. The summed E-state index contributed by atoms with van der Waals surface area (Å²) in [6.45, 7) is 9.66. The molecule has 6 nitrogen and oxygen atoms in total. The van der Waals surface area contributed by atoms with Gasteiger partial charge in [0.2, 0.25) is 0 Å². The molecule has 0 saturated carbocycles. The normalized spacial score (nSPS) is 21.5. The van der Waals surface area contributed by atoms with Gasteiger partial charge < -0.3 is 19.7 Å². The molecule has 1 saturated heterocycles. The van der Waals surface area contributed by atoms with Crippen molar-refractivity contribution >= 4 is 17.0 Å². The number of methoxy groups -OCH3 is 1. The van der Waals surface area contributed by atoms with Crippen molar-refractivity contribution in [1.29, 1.82) is 0 Å². The lowest BCUT2D eigenvalue weighted by Gasteiger charge is -2.40. The summed E-state index contributed by atoms with van der Waals surface area (Å²) in [5.74, 6) is 1.43. The van der Waals surface area contributed by atoms with Gasteiger partial charge in [-0.25, -0.2) is 4.98 Å². The van der Waals surface area contributed by atoms with Crippen LogP contribution in [0.1, 0.15) is 39.4 Å². The van der Waals surface area contributed by atoms with Crippen LogP contribution in [0.25, 0.3) is 11.0 Å². The lowest BCUT2D eigenvalue weighted by Crippen LogP contribution is -2.45. The summed E-state index contributed by atoms with van der Waals surface area (Å²) in [6.07, 6.45) is 1.92. The fourth-order valence-electron chi connectivity index (χ4n) is 4.26. The van der Waals surface area contributed by atoms with Gasteiger partial charge in [0.25, 0.3) is 0 Å². The molecule has 2 atom stereocenters. The van der Waals surface area contributed by atoms with Gasteiger partial charge in [-0.15, -0.1) is 0 Å². The molecule has 1 aliphatic rings. The number of carboxylic acids is 1. The summed E-state index contributed by atoms with van der Waals surface area (Å²) in [5.41, 5.74) is 2.03. The van der Waals surface area contributed by atoms with E-state index in [1.54, 1.807) is 7.11 Å². The Morgan fingerprint density at radius 2 is 2.15 bits per heavy atom. The third kappa shape index (κ3) is 5.01. The van der Waals surface area contributed by atoms with Crippen LogP contribution in [0.2, 0.25) is 0 Å². The number of rotatable bonds is 6. The number of hydrogen-bond donors (Lipinski definition) is 2. The van der Waals surface area contributed by atoms with E-state index in [4.69, 9.17) is 9.72 Å². The Kier molecular flexibility index (Phi) is 5.75. The molecule has 2 heterocycles. The first-order valence-corrected chi connectivity index (χ1v) is 9.71. The molecule has 6 heteroatoms. The van der Waals surface area contributed by atoms with Crippen molar-refractivity contribution in [3.8, 4) is 5.75 Å². The zero-order valence-corrected chi connectivity index (χ0v) is 16.8. The van der Waals surface area contributed by atoms with E-state index in [-0.39, 0.29) is 23.7 Å². The SMILES string of the molecule is COc1cccc2[nH]c(C[C@H]3CN(CC(C)(C)C)CC[C@H]3CC(=O)O)nc12. The molecular weight excluding hydrogens is 342 g/mol. The first-order chi connectivity index (χ1) is 12.7. The number of likely N-dealkylation sites (tertiary alicyclic amines) is 1. The molecule has 1 aromatic carbocycles. The molecule has 1 aliphatic heterocycles. The van der Waals surface area contributed by atoms with Gasteiger partial charge in [-0.3, -0.25) is 4.79 Å². The molecule has 2 aromatic rings. The maximum atomic E-state index is 11.3. The average Bonchev–Trinajstić information content (AvgIpc) is 2.97. The van der Waals surface area contributed by atoms with Crippen molar-refractivity contribution in [2.24, 2.45) is 17.3 Å². The number of aliphatic carboxylic acids is 1. The highest BCUT2D eigenvalue weighted by Gasteiger charge is 2.33. The van der Waals surface area contributed by atoms with E-state index in [0.29, 0.717) is 0 Å². The van der Waals surface area contributed by atoms with E-state index >= 15 is 0 Å². The van der Waals surface area contributed by atoms with Crippen LogP contribution in [0.15, 0.2) is 18.2 Å². The molecule has 0 radical (unpaired) electrons. The van der Waals surface area contributed by atoms with E-state index < -0.39 is 5.97 Å². The van der Waals surface area contributed by atoms with Crippen molar-refractivity contribution in [3.05, 3.63) is 24.0 Å². The van der Waals surface area contributed by atoms with Crippen LogP contribution in [-0.4, -0.2) is 52.7 Å². The number of benzene rings is 1. The van der Waals surface area contributed by atoms with Crippen molar-refractivity contribution in [2.45, 2.75) is 40.0 Å². The van der Waals surface area contributed by atoms with E-state index in [0.717, 1.165) is 55.1 Å². The molecular formula is C21H31N3O3. The minimum Gasteiger partial charge on any atom is -0.494 e. The monoisotopic (exact) mass is 373 g/mol. The summed E-state index contributed by atoms with van der Waals surface area (Å²) in [5, 5.41) is 9.33. The number of ether oxygens (including phenoxy) is 1. The molecule has 1 fully saturated rings.